The average molecular weight is 707 g/mol. The third kappa shape index (κ3) is 8.84. The molecule has 2 saturated carbocycles. The van der Waals surface area contributed by atoms with Gasteiger partial charge in [-0.2, -0.15) is 0 Å². The SMILES string of the molecule is CC[C@H](C)C(=N)CCc1ccc(C2CCCC3CN(C(C)C(=O)C(C)N4CC5CCCC(c6ccc(CCC(=N)[C@@H](C)CC)cc6)C5C4)CC32)cc1. The highest BCUT2D eigenvalue weighted by Crippen LogP contribution is 2.47. The second kappa shape index (κ2) is 17.7. The van der Waals surface area contributed by atoms with Crippen LogP contribution in [0.25, 0.3) is 0 Å². The summed E-state index contributed by atoms with van der Waals surface area (Å²) in [6, 6.07) is 18.7. The van der Waals surface area contributed by atoms with Crippen LogP contribution in [-0.2, 0) is 17.6 Å². The molecule has 0 radical (unpaired) electrons. The summed E-state index contributed by atoms with van der Waals surface area (Å²) >= 11 is 0. The number of Topliss-reactive ketones (excluding diaryl/α,β-unsaturated/α-hetero) is 1. The van der Waals surface area contributed by atoms with Crippen LogP contribution in [0, 0.1) is 46.3 Å². The Hall–Kier alpha value is -2.63. The summed E-state index contributed by atoms with van der Waals surface area (Å²) in [5, 5.41) is 16.7. The maximum Gasteiger partial charge on any atom is 0.166 e. The first-order chi connectivity index (χ1) is 25.1. The Morgan fingerprint density at radius 3 is 1.37 bits per heavy atom. The topological polar surface area (TPSA) is 71.2 Å². The lowest BCUT2D eigenvalue weighted by atomic mass is 9.71. The molecule has 0 amide bonds. The maximum atomic E-state index is 14.2. The molecule has 2 aromatic rings. The molecular weight excluding hydrogens is 637 g/mol. The van der Waals surface area contributed by atoms with Crippen LogP contribution < -0.4 is 0 Å². The van der Waals surface area contributed by atoms with E-state index in [1.165, 1.54) is 60.8 Å². The number of carbonyl (C=O) groups excluding carboxylic acids is 1. The summed E-state index contributed by atoms with van der Waals surface area (Å²) in [6.07, 6.45) is 13.4. The molecule has 5 heteroatoms. The monoisotopic (exact) mass is 707 g/mol. The van der Waals surface area contributed by atoms with Gasteiger partial charge in [-0.3, -0.25) is 14.6 Å². The van der Waals surface area contributed by atoms with Crippen molar-refractivity contribution >= 4 is 17.2 Å². The molecule has 0 bridgehead atoms. The van der Waals surface area contributed by atoms with Crippen molar-refractivity contribution in [2.45, 2.75) is 143 Å². The standard InChI is InChI=1S/C47H70N4O/c1-7-31(3)45(48)25-19-35-15-21-37(22-16-35)41-13-9-11-39-27-50(29-43(39)41)33(5)47(52)34(6)51-28-40-12-10-14-42(44(40)30-51)38-23-17-36(18-24-38)20-26-46(49)32(4)8-2/h15-18,21-24,31-34,39-44,48-49H,7-14,19-20,25-30H2,1-6H3/t31-,32-,33?,34?,39?,40?,41?,42?,43?,44?/m0/s1. The lowest BCUT2D eigenvalue weighted by Crippen LogP contribution is -2.48. The number of likely N-dealkylation sites (tertiary alicyclic amines) is 2. The molecule has 8 unspecified atom stereocenters. The van der Waals surface area contributed by atoms with E-state index in [0.29, 0.717) is 53.1 Å². The van der Waals surface area contributed by atoms with E-state index < -0.39 is 0 Å². The second-order valence-corrected chi connectivity index (χ2v) is 17.7. The third-order valence-corrected chi connectivity index (χ3v) is 14.8. The molecule has 4 fully saturated rings. The molecule has 10 atom stereocenters. The van der Waals surface area contributed by atoms with E-state index in [4.69, 9.17) is 10.8 Å². The summed E-state index contributed by atoms with van der Waals surface area (Å²) in [5.41, 5.74) is 7.42. The zero-order valence-corrected chi connectivity index (χ0v) is 33.5. The van der Waals surface area contributed by atoms with E-state index in [1.807, 2.05) is 0 Å². The van der Waals surface area contributed by atoms with E-state index in [9.17, 15) is 4.79 Å². The number of fused-ring (bicyclic) bond motifs is 2. The summed E-state index contributed by atoms with van der Waals surface area (Å²) in [7, 11) is 0. The highest BCUT2D eigenvalue weighted by atomic mass is 16.1. The highest BCUT2D eigenvalue weighted by molar-refractivity contribution is 5.88. The molecule has 2 aromatic carbocycles. The Kier molecular flexibility index (Phi) is 13.3. The smallest absolute Gasteiger partial charge is 0.166 e. The number of benzene rings is 2. The van der Waals surface area contributed by atoms with E-state index in [1.54, 1.807) is 0 Å². The van der Waals surface area contributed by atoms with Crippen LogP contribution in [0.4, 0.5) is 0 Å². The molecule has 4 aliphatic rings. The Morgan fingerprint density at radius 1 is 0.615 bits per heavy atom. The molecule has 5 nitrogen and oxygen atoms in total. The van der Waals surface area contributed by atoms with Crippen LogP contribution in [0.2, 0.25) is 0 Å². The van der Waals surface area contributed by atoms with Crippen molar-refractivity contribution in [3.05, 3.63) is 70.8 Å². The minimum Gasteiger partial charge on any atom is -0.309 e. The molecule has 2 aliphatic heterocycles. The largest absolute Gasteiger partial charge is 0.309 e. The first-order valence-electron chi connectivity index (χ1n) is 21.4. The Morgan fingerprint density at radius 2 is 1.00 bits per heavy atom. The predicted octanol–water partition coefficient (Wildman–Crippen LogP) is 10.4. The van der Waals surface area contributed by atoms with Crippen molar-refractivity contribution in [2.24, 2.45) is 35.5 Å². The Bertz CT molecular complexity index is 1390. The molecule has 2 heterocycles. The molecule has 2 saturated heterocycles. The molecule has 2 N–H and O–H groups in total. The average Bonchev–Trinajstić information content (AvgIpc) is 3.83. The van der Waals surface area contributed by atoms with Gasteiger partial charge in [-0.05, 0) is 148 Å². The zero-order valence-electron chi connectivity index (χ0n) is 33.5. The fraction of sp³-hybridized carbons (Fsp3) is 0.681. The fourth-order valence-electron chi connectivity index (χ4n) is 10.6. The quantitative estimate of drug-likeness (QED) is 0.171. The van der Waals surface area contributed by atoms with Gasteiger partial charge in [0.25, 0.3) is 0 Å². The van der Waals surface area contributed by atoms with Crippen molar-refractivity contribution < 1.29 is 4.79 Å². The van der Waals surface area contributed by atoms with Crippen molar-refractivity contribution in [3.63, 3.8) is 0 Å². The van der Waals surface area contributed by atoms with Crippen LogP contribution in [0.3, 0.4) is 0 Å². The minimum absolute atomic E-state index is 0.0304. The molecule has 0 spiro atoms. The van der Waals surface area contributed by atoms with Crippen LogP contribution in [-0.4, -0.2) is 65.3 Å². The molecule has 6 rings (SSSR count). The van der Waals surface area contributed by atoms with E-state index in [-0.39, 0.29) is 12.1 Å². The van der Waals surface area contributed by atoms with Gasteiger partial charge in [0.15, 0.2) is 5.78 Å². The van der Waals surface area contributed by atoms with E-state index >= 15 is 0 Å². The van der Waals surface area contributed by atoms with Gasteiger partial charge in [-0.1, -0.05) is 89.1 Å². The van der Waals surface area contributed by atoms with Gasteiger partial charge < -0.3 is 10.8 Å². The van der Waals surface area contributed by atoms with Crippen molar-refractivity contribution in [2.75, 3.05) is 26.2 Å². The fourth-order valence-corrected chi connectivity index (χ4v) is 10.6. The first kappa shape index (κ1) is 39.1. The summed E-state index contributed by atoms with van der Waals surface area (Å²) in [6.45, 7) is 17.3. The van der Waals surface area contributed by atoms with Gasteiger partial charge in [0.2, 0.25) is 0 Å². The molecular formula is C47H70N4O. The van der Waals surface area contributed by atoms with Crippen molar-refractivity contribution in [1.82, 2.24) is 9.80 Å². The number of rotatable bonds is 16. The van der Waals surface area contributed by atoms with Crippen LogP contribution in [0.5, 0.6) is 0 Å². The lowest BCUT2D eigenvalue weighted by molar-refractivity contribution is -0.128. The number of nitrogens with one attached hydrogen (secondary N) is 2. The van der Waals surface area contributed by atoms with Gasteiger partial charge in [0.05, 0.1) is 12.1 Å². The number of nitrogens with zero attached hydrogens (tertiary/aromatic N) is 2. The predicted molar refractivity (Wildman–Crippen MR) is 218 cm³/mol. The maximum absolute atomic E-state index is 14.2. The lowest BCUT2D eigenvalue weighted by Gasteiger charge is -2.34. The molecule has 2 aliphatic carbocycles. The second-order valence-electron chi connectivity index (χ2n) is 17.7. The minimum atomic E-state index is -0.0304. The summed E-state index contributed by atoms with van der Waals surface area (Å²) in [5.74, 6) is 5.01. The van der Waals surface area contributed by atoms with Gasteiger partial charge in [-0.15, -0.1) is 0 Å². The number of carbonyl (C=O) groups is 1. The summed E-state index contributed by atoms with van der Waals surface area (Å²) in [4.78, 5) is 19.3. The van der Waals surface area contributed by atoms with Crippen LogP contribution in [0.15, 0.2) is 48.5 Å². The Balaban J connectivity index is 1.03. The van der Waals surface area contributed by atoms with E-state index in [2.05, 4.69) is 99.9 Å². The van der Waals surface area contributed by atoms with Crippen molar-refractivity contribution in [1.29, 1.82) is 10.8 Å². The van der Waals surface area contributed by atoms with E-state index in [0.717, 1.165) is 76.1 Å². The van der Waals surface area contributed by atoms with Crippen LogP contribution in [0.1, 0.15) is 140 Å². The third-order valence-electron chi connectivity index (χ3n) is 14.8. The van der Waals surface area contributed by atoms with Gasteiger partial charge in [-0.25, -0.2) is 0 Å². The summed E-state index contributed by atoms with van der Waals surface area (Å²) < 4.78 is 0. The van der Waals surface area contributed by atoms with Gasteiger partial charge in [0, 0.05) is 37.6 Å². The van der Waals surface area contributed by atoms with Crippen molar-refractivity contribution in [3.8, 4) is 0 Å². The number of hydrogen-bond acceptors (Lipinski definition) is 5. The number of aryl methyl sites for hydroxylation is 2. The van der Waals surface area contributed by atoms with Gasteiger partial charge in [0.1, 0.15) is 0 Å². The molecule has 0 aromatic heterocycles. The number of hydrogen-bond donors (Lipinski definition) is 2. The normalized spacial score (nSPS) is 28.8. The number of ketones is 1. The Labute approximate surface area is 316 Å². The zero-order chi connectivity index (χ0) is 36.9. The van der Waals surface area contributed by atoms with Crippen LogP contribution >= 0.6 is 0 Å². The first-order valence-corrected chi connectivity index (χ1v) is 21.4. The molecule has 284 valence electrons. The highest BCUT2D eigenvalue weighted by Gasteiger charge is 2.46. The van der Waals surface area contributed by atoms with Gasteiger partial charge >= 0.3 is 0 Å². The molecule has 52 heavy (non-hydrogen) atoms.